The van der Waals surface area contributed by atoms with E-state index in [1.807, 2.05) is 0 Å². The minimum absolute atomic E-state index is 0.175. The summed E-state index contributed by atoms with van der Waals surface area (Å²) in [6, 6.07) is 0.440. The molecule has 0 rings (SSSR count). The molecule has 68 valence electrons. The average molecular weight is 158 g/mol. The second kappa shape index (κ2) is 4.07. The molecule has 0 amide bonds. The molecule has 0 aromatic heterocycles. The molecule has 0 saturated carbocycles. The lowest BCUT2D eigenvalue weighted by molar-refractivity contribution is 0.308. The number of nitrogens with two attached hydrogens (primary N) is 1. The second-order valence-corrected chi connectivity index (χ2v) is 4.48. The number of hydrogen-bond donors (Lipinski definition) is 2. The fraction of sp³-hybridized carbons (Fsp3) is 1.00. The predicted octanol–water partition coefficient (Wildman–Crippen LogP) is 1.36. The van der Waals surface area contributed by atoms with E-state index < -0.39 is 0 Å². The zero-order chi connectivity index (χ0) is 9.07. The fourth-order valence-corrected chi connectivity index (χ4v) is 1.05. The lowest BCUT2D eigenvalue weighted by Crippen LogP contribution is -2.49. The highest BCUT2D eigenvalue weighted by atomic mass is 15.0. The van der Waals surface area contributed by atoms with Crippen LogP contribution in [0.25, 0.3) is 0 Å². The van der Waals surface area contributed by atoms with Gasteiger partial charge in [0.25, 0.3) is 0 Å². The molecule has 0 aliphatic rings. The molecule has 0 aromatic rings. The molecule has 1 unspecified atom stereocenters. The SMILES string of the molecule is CC(C)C(CN)NC(C)(C)C. The highest BCUT2D eigenvalue weighted by Crippen LogP contribution is 2.06. The Morgan fingerprint density at radius 2 is 1.73 bits per heavy atom. The van der Waals surface area contributed by atoms with Gasteiger partial charge in [-0.2, -0.15) is 0 Å². The van der Waals surface area contributed by atoms with Crippen molar-refractivity contribution in [3.8, 4) is 0 Å². The predicted molar refractivity (Wildman–Crippen MR) is 50.6 cm³/mol. The molecule has 2 heteroatoms. The van der Waals surface area contributed by atoms with Gasteiger partial charge in [-0.1, -0.05) is 13.8 Å². The first-order chi connectivity index (χ1) is 4.87. The van der Waals surface area contributed by atoms with Gasteiger partial charge in [0.1, 0.15) is 0 Å². The van der Waals surface area contributed by atoms with Gasteiger partial charge in [-0.3, -0.25) is 0 Å². The third-order valence-corrected chi connectivity index (χ3v) is 1.68. The molecule has 0 heterocycles. The summed E-state index contributed by atoms with van der Waals surface area (Å²) in [7, 11) is 0. The van der Waals surface area contributed by atoms with Crippen LogP contribution in [0, 0.1) is 5.92 Å². The summed E-state index contributed by atoms with van der Waals surface area (Å²) in [5.41, 5.74) is 5.79. The lowest BCUT2D eigenvalue weighted by atomic mass is 10.00. The summed E-state index contributed by atoms with van der Waals surface area (Å²) in [5, 5.41) is 3.48. The van der Waals surface area contributed by atoms with E-state index >= 15 is 0 Å². The summed E-state index contributed by atoms with van der Waals surface area (Å²) in [5.74, 6) is 0.610. The van der Waals surface area contributed by atoms with E-state index in [-0.39, 0.29) is 5.54 Å². The average Bonchev–Trinajstić information content (AvgIpc) is 1.80. The van der Waals surface area contributed by atoms with E-state index in [2.05, 4.69) is 39.9 Å². The molecule has 0 aliphatic carbocycles. The molecule has 3 N–H and O–H groups in total. The van der Waals surface area contributed by atoms with Crippen molar-refractivity contribution in [2.24, 2.45) is 11.7 Å². The zero-order valence-corrected chi connectivity index (χ0v) is 8.44. The standard InChI is InChI=1S/C9H22N2/c1-7(2)8(6-10)11-9(3,4)5/h7-8,11H,6,10H2,1-5H3. The molecule has 0 saturated heterocycles. The number of nitrogens with one attached hydrogen (secondary N) is 1. The normalized spacial score (nSPS) is 15.5. The van der Waals surface area contributed by atoms with Gasteiger partial charge >= 0.3 is 0 Å². The van der Waals surface area contributed by atoms with E-state index in [1.165, 1.54) is 0 Å². The van der Waals surface area contributed by atoms with Crippen molar-refractivity contribution >= 4 is 0 Å². The molecule has 0 radical (unpaired) electrons. The summed E-state index contributed by atoms with van der Waals surface area (Å²) in [6.45, 7) is 11.6. The third-order valence-electron chi connectivity index (χ3n) is 1.68. The maximum absolute atomic E-state index is 5.62. The molecule has 0 aromatic carbocycles. The molecular weight excluding hydrogens is 136 g/mol. The molecular formula is C9H22N2. The van der Waals surface area contributed by atoms with Crippen LogP contribution in [0.1, 0.15) is 34.6 Å². The second-order valence-electron chi connectivity index (χ2n) is 4.48. The van der Waals surface area contributed by atoms with Crippen molar-refractivity contribution in [1.82, 2.24) is 5.32 Å². The Morgan fingerprint density at radius 1 is 1.27 bits per heavy atom. The van der Waals surface area contributed by atoms with Crippen LogP contribution in [-0.4, -0.2) is 18.1 Å². The summed E-state index contributed by atoms with van der Waals surface area (Å²) < 4.78 is 0. The molecule has 0 bridgehead atoms. The van der Waals surface area contributed by atoms with Crippen LogP contribution in [0.4, 0.5) is 0 Å². The largest absolute Gasteiger partial charge is 0.329 e. The van der Waals surface area contributed by atoms with Crippen LogP contribution in [0.5, 0.6) is 0 Å². The topological polar surface area (TPSA) is 38.0 Å². The van der Waals surface area contributed by atoms with Crippen LogP contribution in [0.2, 0.25) is 0 Å². The number of rotatable bonds is 3. The quantitative estimate of drug-likeness (QED) is 0.651. The first-order valence-electron chi connectivity index (χ1n) is 4.34. The van der Waals surface area contributed by atoms with Gasteiger partial charge in [0.05, 0.1) is 0 Å². The Balaban J connectivity index is 3.88. The van der Waals surface area contributed by atoms with Crippen molar-refractivity contribution in [1.29, 1.82) is 0 Å². The van der Waals surface area contributed by atoms with Crippen LogP contribution in [-0.2, 0) is 0 Å². The summed E-state index contributed by atoms with van der Waals surface area (Å²) >= 11 is 0. The Morgan fingerprint density at radius 3 is 1.82 bits per heavy atom. The van der Waals surface area contributed by atoms with Gasteiger partial charge in [0.2, 0.25) is 0 Å². The van der Waals surface area contributed by atoms with Gasteiger partial charge < -0.3 is 11.1 Å². The van der Waals surface area contributed by atoms with E-state index in [9.17, 15) is 0 Å². The molecule has 0 fully saturated rings. The highest BCUT2D eigenvalue weighted by molar-refractivity contribution is 4.80. The van der Waals surface area contributed by atoms with E-state index in [1.54, 1.807) is 0 Å². The van der Waals surface area contributed by atoms with Gasteiger partial charge in [-0.25, -0.2) is 0 Å². The van der Waals surface area contributed by atoms with Crippen molar-refractivity contribution in [2.45, 2.75) is 46.2 Å². The number of hydrogen-bond acceptors (Lipinski definition) is 2. The maximum Gasteiger partial charge on any atom is 0.0218 e. The van der Waals surface area contributed by atoms with Crippen molar-refractivity contribution in [3.63, 3.8) is 0 Å². The Bertz CT molecular complexity index is 103. The summed E-state index contributed by atoms with van der Waals surface area (Å²) in [4.78, 5) is 0. The van der Waals surface area contributed by atoms with Crippen LogP contribution in [0.3, 0.4) is 0 Å². The van der Waals surface area contributed by atoms with Gasteiger partial charge in [-0.15, -0.1) is 0 Å². The third kappa shape index (κ3) is 5.22. The molecule has 0 aliphatic heterocycles. The highest BCUT2D eigenvalue weighted by Gasteiger charge is 2.17. The van der Waals surface area contributed by atoms with E-state index in [0.29, 0.717) is 12.0 Å². The first-order valence-corrected chi connectivity index (χ1v) is 4.34. The fourth-order valence-electron chi connectivity index (χ4n) is 1.05. The van der Waals surface area contributed by atoms with Crippen molar-refractivity contribution in [2.75, 3.05) is 6.54 Å². The molecule has 2 nitrogen and oxygen atoms in total. The summed E-state index contributed by atoms with van der Waals surface area (Å²) in [6.07, 6.45) is 0. The Labute approximate surface area is 70.5 Å². The van der Waals surface area contributed by atoms with E-state index in [4.69, 9.17) is 5.73 Å². The monoisotopic (exact) mass is 158 g/mol. The van der Waals surface area contributed by atoms with Crippen LogP contribution >= 0.6 is 0 Å². The van der Waals surface area contributed by atoms with Crippen LogP contribution in [0.15, 0.2) is 0 Å². The zero-order valence-electron chi connectivity index (χ0n) is 8.44. The van der Waals surface area contributed by atoms with Crippen molar-refractivity contribution < 1.29 is 0 Å². The van der Waals surface area contributed by atoms with Crippen molar-refractivity contribution in [3.05, 3.63) is 0 Å². The first kappa shape index (κ1) is 10.9. The molecule has 1 atom stereocenters. The Hall–Kier alpha value is -0.0800. The molecule has 0 spiro atoms. The van der Waals surface area contributed by atoms with E-state index in [0.717, 1.165) is 6.54 Å². The van der Waals surface area contributed by atoms with Gasteiger partial charge in [0, 0.05) is 18.1 Å². The Kier molecular flexibility index (Phi) is 4.04. The minimum Gasteiger partial charge on any atom is -0.329 e. The minimum atomic E-state index is 0.175. The van der Waals surface area contributed by atoms with Gasteiger partial charge in [0.15, 0.2) is 0 Å². The lowest BCUT2D eigenvalue weighted by Gasteiger charge is -2.30. The van der Waals surface area contributed by atoms with Crippen LogP contribution < -0.4 is 11.1 Å². The molecule has 11 heavy (non-hydrogen) atoms. The van der Waals surface area contributed by atoms with Gasteiger partial charge in [-0.05, 0) is 26.7 Å². The smallest absolute Gasteiger partial charge is 0.0218 e. The maximum atomic E-state index is 5.62.